The van der Waals surface area contributed by atoms with Crippen molar-refractivity contribution in [1.82, 2.24) is 4.90 Å². The predicted molar refractivity (Wildman–Crippen MR) is 73.0 cm³/mol. The van der Waals surface area contributed by atoms with Gasteiger partial charge < -0.3 is 10.2 Å². The first-order chi connectivity index (χ1) is 7.66. The molecule has 0 bridgehead atoms. The lowest BCUT2D eigenvalue weighted by Gasteiger charge is -2.30. The van der Waals surface area contributed by atoms with Crippen LogP contribution >= 0.6 is 15.9 Å². The van der Waals surface area contributed by atoms with Gasteiger partial charge in [-0.15, -0.1) is 0 Å². The van der Waals surface area contributed by atoms with Crippen LogP contribution in [-0.2, 0) is 0 Å². The number of benzene rings is 1. The minimum Gasteiger partial charge on any atom is -0.382 e. The van der Waals surface area contributed by atoms with Gasteiger partial charge in [-0.05, 0) is 57.6 Å². The summed E-state index contributed by atoms with van der Waals surface area (Å²) in [5.74, 6) is 0. The van der Waals surface area contributed by atoms with Gasteiger partial charge in [-0.1, -0.05) is 22.0 Å². The van der Waals surface area contributed by atoms with Crippen LogP contribution in [0.25, 0.3) is 0 Å². The van der Waals surface area contributed by atoms with Crippen LogP contribution in [0.3, 0.4) is 0 Å². The fourth-order valence-corrected chi connectivity index (χ4v) is 2.50. The van der Waals surface area contributed by atoms with Crippen LogP contribution in [0.15, 0.2) is 22.7 Å². The molecule has 0 unspecified atom stereocenters. The quantitative estimate of drug-likeness (QED) is 0.896. The van der Waals surface area contributed by atoms with Crippen LogP contribution in [0.5, 0.6) is 0 Å². The fraction of sp³-hybridized carbons (Fsp3) is 0.538. The van der Waals surface area contributed by atoms with Crippen molar-refractivity contribution in [1.29, 1.82) is 0 Å². The summed E-state index contributed by atoms with van der Waals surface area (Å²) in [6.45, 7) is 4.55. The highest BCUT2D eigenvalue weighted by Gasteiger charge is 2.16. The average molecular weight is 283 g/mol. The summed E-state index contributed by atoms with van der Waals surface area (Å²) in [4.78, 5) is 2.39. The maximum Gasteiger partial charge on any atom is 0.0383 e. The minimum atomic E-state index is 0.629. The summed E-state index contributed by atoms with van der Waals surface area (Å²) in [6, 6.07) is 6.98. The van der Waals surface area contributed by atoms with Gasteiger partial charge >= 0.3 is 0 Å². The molecular weight excluding hydrogens is 264 g/mol. The van der Waals surface area contributed by atoms with E-state index < -0.39 is 0 Å². The van der Waals surface area contributed by atoms with Crippen LogP contribution in [0.1, 0.15) is 18.4 Å². The third-order valence-corrected chi connectivity index (χ3v) is 4.20. The molecule has 1 aromatic rings. The molecule has 2 nitrogen and oxygen atoms in total. The summed E-state index contributed by atoms with van der Waals surface area (Å²) in [6.07, 6.45) is 2.48. The Morgan fingerprint density at radius 2 is 2.00 bits per heavy atom. The maximum atomic E-state index is 3.65. The van der Waals surface area contributed by atoms with Crippen LogP contribution in [0.2, 0.25) is 0 Å². The number of likely N-dealkylation sites (tertiary alicyclic amines) is 1. The van der Waals surface area contributed by atoms with Crippen LogP contribution in [0.4, 0.5) is 5.69 Å². The molecule has 0 aliphatic carbocycles. The number of nitrogens with one attached hydrogen (secondary N) is 1. The molecule has 88 valence electrons. The molecule has 1 aliphatic rings. The number of hydrogen-bond acceptors (Lipinski definition) is 2. The molecule has 0 spiro atoms. The normalized spacial score (nSPS) is 18.7. The number of rotatable bonds is 2. The van der Waals surface area contributed by atoms with E-state index in [0.717, 1.165) is 0 Å². The second-order valence-corrected chi connectivity index (χ2v) is 5.49. The summed E-state index contributed by atoms with van der Waals surface area (Å²) >= 11 is 3.57. The van der Waals surface area contributed by atoms with Crippen molar-refractivity contribution in [2.45, 2.75) is 25.8 Å². The Morgan fingerprint density at radius 1 is 1.31 bits per heavy atom. The minimum absolute atomic E-state index is 0.629. The third kappa shape index (κ3) is 2.77. The van der Waals surface area contributed by atoms with Crippen molar-refractivity contribution in [3.05, 3.63) is 28.2 Å². The van der Waals surface area contributed by atoms with Gasteiger partial charge in [-0.2, -0.15) is 0 Å². The second kappa shape index (κ2) is 5.19. The van der Waals surface area contributed by atoms with Crippen molar-refractivity contribution in [3.63, 3.8) is 0 Å². The average Bonchev–Trinajstić information content (AvgIpc) is 2.28. The van der Waals surface area contributed by atoms with Gasteiger partial charge in [0.2, 0.25) is 0 Å². The lowest BCUT2D eigenvalue weighted by atomic mass is 10.0. The first-order valence-electron chi connectivity index (χ1n) is 5.87. The molecule has 1 aromatic carbocycles. The number of hydrogen-bond donors (Lipinski definition) is 1. The molecule has 3 heteroatoms. The summed E-state index contributed by atoms with van der Waals surface area (Å²) in [5, 5.41) is 3.65. The lowest BCUT2D eigenvalue weighted by Crippen LogP contribution is -2.36. The molecule has 1 saturated heterocycles. The predicted octanol–water partition coefficient (Wildman–Crippen LogP) is 3.26. The smallest absolute Gasteiger partial charge is 0.0383 e. The molecule has 1 N–H and O–H groups in total. The van der Waals surface area contributed by atoms with Crippen molar-refractivity contribution in [2.24, 2.45) is 0 Å². The lowest BCUT2D eigenvalue weighted by molar-refractivity contribution is 0.264. The Morgan fingerprint density at radius 3 is 2.69 bits per heavy atom. The molecule has 16 heavy (non-hydrogen) atoms. The summed E-state index contributed by atoms with van der Waals surface area (Å²) in [5.41, 5.74) is 2.57. The van der Waals surface area contributed by atoms with Crippen LogP contribution in [0, 0.1) is 6.92 Å². The molecular formula is C13H19BrN2. The maximum absolute atomic E-state index is 3.65. The van der Waals surface area contributed by atoms with Gasteiger partial charge in [-0.3, -0.25) is 0 Å². The van der Waals surface area contributed by atoms with Gasteiger partial charge in [0.05, 0.1) is 0 Å². The molecule has 1 heterocycles. The van der Waals surface area contributed by atoms with E-state index in [0.29, 0.717) is 6.04 Å². The van der Waals surface area contributed by atoms with Crippen molar-refractivity contribution in [2.75, 3.05) is 25.5 Å². The second-order valence-electron chi connectivity index (χ2n) is 4.63. The first-order valence-corrected chi connectivity index (χ1v) is 6.66. The Hall–Kier alpha value is -0.540. The Labute approximate surface area is 106 Å². The Balaban J connectivity index is 2.01. The van der Waals surface area contributed by atoms with E-state index in [9.17, 15) is 0 Å². The molecule has 0 atom stereocenters. The molecule has 0 amide bonds. The number of piperidine rings is 1. The van der Waals surface area contributed by atoms with Crippen molar-refractivity contribution >= 4 is 21.6 Å². The number of nitrogens with zero attached hydrogens (tertiary/aromatic N) is 1. The van der Waals surface area contributed by atoms with Gasteiger partial charge in [0, 0.05) is 16.2 Å². The highest BCUT2D eigenvalue weighted by atomic mass is 79.9. The zero-order chi connectivity index (χ0) is 11.5. The largest absolute Gasteiger partial charge is 0.382 e. The number of halogens is 1. The zero-order valence-electron chi connectivity index (χ0n) is 9.96. The SMILES string of the molecule is Cc1c(Br)cccc1NC1CCN(C)CC1. The van der Waals surface area contributed by atoms with Gasteiger partial charge in [0.25, 0.3) is 0 Å². The Bertz CT molecular complexity index is 357. The van der Waals surface area contributed by atoms with E-state index in [-0.39, 0.29) is 0 Å². The molecule has 0 saturated carbocycles. The monoisotopic (exact) mass is 282 g/mol. The van der Waals surface area contributed by atoms with Gasteiger partial charge in [0.1, 0.15) is 0 Å². The third-order valence-electron chi connectivity index (χ3n) is 3.35. The van der Waals surface area contributed by atoms with E-state index in [1.807, 2.05) is 0 Å². The molecule has 2 rings (SSSR count). The first kappa shape index (κ1) is 11.9. The zero-order valence-corrected chi connectivity index (χ0v) is 11.5. The van der Waals surface area contributed by atoms with E-state index >= 15 is 0 Å². The summed E-state index contributed by atoms with van der Waals surface area (Å²) < 4.78 is 1.19. The molecule has 0 radical (unpaired) electrons. The highest BCUT2D eigenvalue weighted by Crippen LogP contribution is 2.25. The molecule has 1 fully saturated rings. The molecule has 0 aromatic heterocycles. The van der Waals surface area contributed by atoms with E-state index in [4.69, 9.17) is 0 Å². The Kier molecular flexibility index (Phi) is 3.87. The fourth-order valence-electron chi connectivity index (χ4n) is 2.14. The van der Waals surface area contributed by atoms with Crippen LogP contribution in [-0.4, -0.2) is 31.1 Å². The van der Waals surface area contributed by atoms with E-state index in [2.05, 4.69) is 58.3 Å². The van der Waals surface area contributed by atoms with Gasteiger partial charge in [0.15, 0.2) is 0 Å². The molecule has 1 aliphatic heterocycles. The van der Waals surface area contributed by atoms with E-state index in [1.165, 1.54) is 41.7 Å². The van der Waals surface area contributed by atoms with E-state index in [1.54, 1.807) is 0 Å². The number of anilines is 1. The van der Waals surface area contributed by atoms with Crippen molar-refractivity contribution < 1.29 is 0 Å². The topological polar surface area (TPSA) is 15.3 Å². The van der Waals surface area contributed by atoms with Crippen LogP contribution < -0.4 is 5.32 Å². The van der Waals surface area contributed by atoms with Crippen molar-refractivity contribution in [3.8, 4) is 0 Å². The van der Waals surface area contributed by atoms with Gasteiger partial charge in [-0.25, -0.2) is 0 Å². The highest BCUT2D eigenvalue weighted by molar-refractivity contribution is 9.10. The summed E-state index contributed by atoms with van der Waals surface area (Å²) in [7, 11) is 2.20. The standard InChI is InChI=1S/C13H19BrN2/c1-10-12(14)4-3-5-13(10)15-11-6-8-16(2)9-7-11/h3-5,11,15H,6-9H2,1-2H3.